The van der Waals surface area contributed by atoms with Gasteiger partial charge < -0.3 is 4.74 Å². The molecule has 0 unspecified atom stereocenters. The zero-order chi connectivity index (χ0) is 5.82. The monoisotopic (exact) mass is 133 g/mol. The molecular formula is C5H11NOS. The number of rotatable bonds is 3. The Morgan fingerprint density at radius 2 is 2.50 bits per heavy atom. The summed E-state index contributed by atoms with van der Waals surface area (Å²) in [4.78, 5) is 0. The smallest absolute Gasteiger partial charge is 0.0529 e. The van der Waals surface area contributed by atoms with E-state index in [2.05, 4.69) is 4.72 Å². The molecule has 0 amide bonds. The first-order valence-electron chi connectivity index (χ1n) is 2.77. The van der Waals surface area contributed by atoms with E-state index in [1.54, 1.807) is 11.9 Å². The molecule has 1 rings (SSSR count). The summed E-state index contributed by atoms with van der Waals surface area (Å²) < 4.78 is 8.17. The van der Waals surface area contributed by atoms with Gasteiger partial charge in [0.2, 0.25) is 0 Å². The van der Waals surface area contributed by atoms with Crippen LogP contribution in [0.2, 0.25) is 0 Å². The molecule has 0 radical (unpaired) electrons. The van der Waals surface area contributed by atoms with Gasteiger partial charge >= 0.3 is 0 Å². The summed E-state index contributed by atoms with van der Waals surface area (Å²) in [5.74, 6) is 0.780. The summed E-state index contributed by atoms with van der Waals surface area (Å²) >= 11 is 1.67. The molecule has 2 nitrogen and oxygen atoms in total. The predicted octanol–water partition coefficient (Wildman–Crippen LogP) is 0.500. The fraction of sp³-hybridized carbons (Fsp3) is 1.00. The molecule has 1 heterocycles. The molecule has 0 aliphatic carbocycles. The van der Waals surface area contributed by atoms with Crippen LogP contribution in [-0.2, 0) is 4.74 Å². The Hall–Kier alpha value is 0.270. The van der Waals surface area contributed by atoms with Gasteiger partial charge in [0.05, 0.1) is 13.2 Å². The minimum Gasteiger partial charge on any atom is -0.381 e. The number of nitrogens with one attached hydrogen (secondary N) is 1. The van der Waals surface area contributed by atoms with Crippen LogP contribution in [-0.4, -0.2) is 26.0 Å². The third-order valence-electron chi connectivity index (χ3n) is 1.22. The van der Waals surface area contributed by atoms with Gasteiger partial charge in [-0.2, -0.15) is 0 Å². The van der Waals surface area contributed by atoms with E-state index in [0.29, 0.717) is 0 Å². The molecule has 1 N–H and O–H groups in total. The first-order chi connectivity index (χ1) is 3.93. The van der Waals surface area contributed by atoms with Crippen LogP contribution in [0.1, 0.15) is 0 Å². The number of ether oxygens (including phenoxy) is 1. The normalized spacial score (nSPS) is 20.6. The third kappa shape index (κ3) is 1.65. The van der Waals surface area contributed by atoms with Gasteiger partial charge in [-0.05, 0) is 6.26 Å². The van der Waals surface area contributed by atoms with Crippen LogP contribution in [0.3, 0.4) is 0 Å². The molecule has 0 aromatic heterocycles. The number of hydrogen-bond acceptors (Lipinski definition) is 3. The van der Waals surface area contributed by atoms with Crippen molar-refractivity contribution < 1.29 is 4.74 Å². The van der Waals surface area contributed by atoms with Crippen molar-refractivity contribution in [1.82, 2.24) is 4.72 Å². The van der Waals surface area contributed by atoms with E-state index in [1.807, 2.05) is 6.26 Å². The van der Waals surface area contributed by atoms with Gasteiger partial charge in [0, 0.05) is 12.5 Å². The molecule has 1 aliphatic heterocycles. The van der Waals surface area contributed by atoms with Crippen LogP contribution in [0, 0.1) is 5.92 Å². The average Bonchev–Trinajstić information content (AvgIpc) is 1.63. The molecule has 0 spiro atoms. The molecule has 48 valence electrons. The van der Waals surface area contributed by atoms with Crippen LogP contribution in [0.15, 0.2) is 0 Å². The van der Waals surface area contributed by atoms with E-state index >= 15 is 0 Å². The van der Waals surface area contributed by atoms with Gasteiger partial charge in [0.1, 0.15) is 0 Å². The van der Waals surface area contributed by atoms with E-state index in [9.17, 15) is 0 Å². The highest BCUT2D eigenvalue weighted by Gasteiger charge is 2.16. The van der Waals surface area contributed by atoms with Gasteiger partial charge in [-0.1, -0.05) is 11.9 Å². The first kappa shape index (κ1) is 6.39. The zero-order valence-corrected chi connectivity index (χ0v) is 5.83. The zero-order valence-electron chi connectivity index (χ0n) is 5.02. The molecule has 0 bridgehead atoms. The number of hydrogen-bond donors (Lipinski definition) is 1. The summed E-state index contributed by atoms with van der Waals surface area (Å²) in [5.41, 5.74) is 0. The molecule has 1 aliphatic rings. The lowest BCUT2D eigenvalue weighted by Crippen LogP contribution is -2.34. The molecule has 0 aromatic carbocycles. The molecule has 1 saturated heterocycles. The van der Waals surface area contributed by atoms with Crippen molar-refractivity contribution in [2.75, 3.05) is 26.0 Å². The summed E-state index contributed by atoms with van der Waals surface area (Å²) in [6.45, 7) is 3.00. The standard InChI is InChI=1S/C5H11NOS/c1-8-6-2-5-3-7-4-5/h5-6H,2-4H2,1H3. The second-order valence-corrected chi connectivity index (χ2v) is 2.65. The van der Waals surface area contributed by atoms with Crippen LogP contribution < -0.4 is 4.72 Å². The van der Waals surface area contributed by atoms with E-state index < -0.39 is 0 Å². The summed E-state index contributed by atoms with van der Waals surface area (Å²) in [6, 6.07) is 0. The van der Waals surface area contributed by atoms with Crippen molar-refractivity contribution in [3.63, 3.8) is 0 Å². The molecule has 0 aromatic rings. The topological polar surface area (TPSA) is 21.3 Å². The summed E-state index contributed by atoms with van der Waals surface area (Å²) in [7, 11) is 0. The maximum atomic E-state index is 4.98. The Bertz CT molecular complexity index is 65.4. The predicted molar refractivity (Wildman–Crippen MR) is 35.8 cm³/mol. The maximum Gasteiger partial charge on any atom is 0.0529 e. The minimum absolute atomic E-state index is 0.780. The summed E-state index contributed by atoms with van der Waals surface area (Å²) in [5, 5.41) is 0. The lowest BCUT2D eigenvalue weighted by molar-refractivity contribution is -0.0281. The fourth-order valence-electron chi connectivity index (χ4n) is 0.604. The summed E-state index contributed by atoms with van der Waals surface area (Å²) in [6.07, 6.45) is 2.04. The SMILES string of the molecule is CSNCC1COC1. The van der Waals surface area contributed by atoms with Crippen molar-refractivity contribution in [3.05, 3.63) is 0 Å². The van der Waals surface area contributed by atoms with Crippen LogP contribution in [0.5, 0.6) is 0 Å². The molecule has 8 heavy (non-hydrogen) atoms. The highest BCUT2D eigenvalue weighted by atomic mass is 32.2. The van der Waals surface area contributed by atoms with E-state index in [-0.39, 0.29) is 0 Å². The van der Waals surface area contributed by atoms with Gasteiger partial charge in [-0.3, -0.25) is 4.72 Å². The Labute approximate surface area is 54.1 Å². The lowest BCUT2D eigenvalue weighted by Gasteiger charge is -2.25. The molecule has 0 saturated carbocycles. The van der Waals surface area contributed by atoms with E-state index in [1.165, 1.54) is 0 Å². The largest absolute Gasteiger partial charge is 0.381 e. The van der Waals surface area contributed by atoms with Crippen molar-refractivity contribution in [1.29, 1.82) is 0 Å². The second-order valence-electron chi connectivity index (χ2n) is 1.96. The third-order valence-corrected chi connectivity index (χ3v) is 1.68. The average molecular weight is 133 g/mol. The Morgan fingerprint density at radius 1 is 1.75 bits per heavy atom. The maximum absolute atomic E-state index is 4.98. The van der Waals surface area contributed by atoms with Gasteiger partial charge in [-0.15, -0.1) is 0 Å². The van der Waals surface area contributed by atoms with Crippen molar-refractivity contribution >= 4 is 11.9 Å². The van der Waals surface area contributed by atoms with Crippen molar-refractivity contribution in [3.8, 4) is 0 Å². The van der Waals surface area contributed by atoms with Gasteiger partial charge in [0.25, 0.3) is 0 Å². The van der Waals surface area contributed by atoms with Crippen LogP contribution in [0.25, 0.3) is 0 Å². The molecule has 0 atom stereocenters. The van der Waals surface area contributed by atoms with Crippen molar-refractivity contribution in [2.24, 2.45) is 5.92 Å². The Morgan fingerprint density at radius 3 is 2.88 bits per heavy atom. The lowest BCUT2D eigenvalue weighted by atomic mass is 10.1. The molecule has 1 fully saturated rings. The van der Waals surface area contributed by atoms with Crippen molar-refractivity contribution in [2.45, 2.75) is 0 Å². The molecule has 3 heteroatoms. The van der Waals surface area contributed by atoms with Gasteiger partial charge in [-0.25, -0.2) is 0 Å². The molecular weight excluding hydrogens is 122 g/mol. The highest BCUT2D eigenvalue weighted by Crippen LogP contribution is 2.08. The Balaban J connectivity index is 1.86. The quantitative estimate of drug-likeness (QED) is 0.566. The van der Waals surface area contributed by atoms with E-state index in [0.717, 1.165) is 25.7 Å². The van der Waals surface area contributed by atoms with Crippen LogP contribution in [0.4, 0.5) is 0 Å². The highest BCUT2D eigenvalue weighted by molar-refractivity contribution is 7.96. The fourth-order valence-corrected chi connectivity index (χ4v) is 1.01. The second kappa shape index (κ2) is 3.33. The first-order valence-corrected chi connectivity index (χ1v) is 3.99. The minimum atomic E-state index is 0.780. The van der Waals surface area contributed by atoms with E-state index in [4.69, 9.17) is 4.74 Å². The van der Waals surface area contributed by atoms with Crippen LogP contribution >= 0.6 is 11.9 Å². The Kier molecular flexibility index (Phi) is 2.66. The van der Waals surface area contributed by atoms with Gasteiger partial charge in [0.15, 0.2) is 0 Å².